The van der Waals surface area contributed by atoms with Crippen LogP contribution in [-0.2, 0) is 10.2 Å². The van der Waals surface area contributed by atoms with E-state index in [1.165, 1.54) is 18.4 Å². The van der Waals surface area contributed by atoms with Crippen molar-refractivity contribution in [1.29, 1.82) is 0 Å². The Bertz CT molecular complexity index is 707. The summed E-state index contributed by atoms with van der Waals surface area (Å²) in [6.07, 6.45) is 4.36. The smallest absolute Gasteiger partial charge is 0.168 e. The lowest BCUT2D eigenvalue weighted by Crippen LogP contribution is -2.43. The normalized spacial score (nSPS) is 21.2. The van der Waals surface area contributed by atoms with Gasteiger partial charge < -0.3 is 10.1 Å². The van der Waals surface area contributed by atoms with Gasteiger partial charge in [-0.3, -0.25) is 0 Å². The summed E-state index contributed by atoms with van der Waals surface area (Å²) in [5.74, 6) is 0.931. The Morgan fingerprint density at radius 2 is 2.00 bits per heavy atom. The van der Waals surface area contributed by atoms with Crippen molar-refractivity contribution in [2.45, 2.75) is 50.1 Å². The summed E-state index contributed by atoms with van der Waals surface area (Å²) < 4.78 is 7.60. The zero-order valence-corrected chi connectivity index (χ0v) is 15.2. The van der Waals surface area contributed by atoms with Crippen LogP contribution >= 0.6 is 11.6 Å². The number of benzene rings is 1. The van der Waals surface area contributed by atoms with Crippen molar-refractivity contribution in [2.75, 3.05) is 19.8 Å². The van der Waals surface area contributed by atoms with Crippen molar-refractivity contribution in [3.63, 3.8) is 0 Å². The van der Waals surface area contributed by atoms with Gasteiger partial charge in [0, 0.05) is 30.2 Å². The number of tetrazole rings is 1. The molecule has 1 aliphatic carbocycles. The number of hydrogen-bond acceptors (Lipinski definition) is 5. The van der Waals surface area contributed by atoms with Crippen molar-refractivity contribution in [3.8, 4) is 0 Å². The van der Waals surface area contributed by atoms with Gasteiger partial charge in [0.2, 0.25) is 0 Å². The van der Waals surface area contributed by atoms with Gasteiger partial charge in [-0.1, -0.05) is 23.7 Å². The van der Waals surface area contributed by atoms with E-state index in [2.05, 4.69) is 39.9 Å². The fraction of sp³-hybridized carbons (Fsp3) is 0.611. The topological polar surface area (TPSA) is 64.9 Å². The highest BCUT2D eigenvalue weighted by Crippen LogP contribution is 2.37. The fourth-order valence-corrected chi connectivity index (χ4v) is 3.76. The van der Waals surface area contributed by atoms with Crippen LogP contribution in [0.2, 0.25) is 5.02 Å². The van der Waals surface area contributed by atoms with Crippen LogP contribution in [0.15, 0.2) is 24.3 Å². The Kier molecular flexibility index (Phi) is 4.75. The maximum atomic E-state index is 6.08. The first kappa shape index (κ1) is 16.9. The zero-order valence-electron chi connectivity index (χ0n) is 14.5. The summed E-state index contributed by atoms with van der Waals surface area (Å²) >= 11 is 6.08. The van der Waals surface area contributed by atoms with Crippen LogP contribution in [-0.4, -0.2) is 40.0 Å². The molecular formula is C18H24ClN5O. The van der Waals surface area contributed by atoms with E-state index >= 15 is 0 Å². The number of nitrogens with one attached hydrogen (secondary N) is 1. The average Bonchev–Trinajstić information content (AvgIpc) is 3.37. The number of rotatable bonds is 6. The standard InChI is InChI=1S/C18H24ClN5O/c1-13(17-21-22-23-24(17)16-6-7-16)20-12-18(8-10-25-11-9-18)14-2-4-15(19)5-3-14/h2-5,13,16,20H,6-12H2,1H3. The molecule has 1 saturated heterocycles. The van der Waals surface area contributed by atoms with Gasteiger partial charge in [-0.25, -0.2) is 4.68 Å². The molecular weight excluding hydrogens is 338 g/mol. The monoisotopic (exact) mass is 361 g/mol. The number of nitrogens with zero attached hydrogens (tertiary/aromatic N) is 4. The number of aromatic nitrogens is 4. The number of hydrogen-bond donors (Lipinski definition) is 1. The lowest BCUT2D eigenvalue weighted by atomic mass is 9.74. The van der Waals surface area contributed by atoms with Gasteiger partial charge in [0.25, 0.3) is 0 Å². The molecule has 2 fully saturated rings. The third-order valence-electron chi connectivity index (χ3n) is 5.45. The molecule has 4 rings (SSSR count). The molecule has 1 aromatic carbocycles. The van der Waals surface area contributed by atoms with Crippen molar-refractivity contribution in [3.05, 3.63) is 40.7 Å². The molecule has 0 amide bonds. The van der Waals surface area contributed by atoms with E-state index in [0.29, 0.717) is 6.04 Å². The summed E-state index contributed by atoms with van der Waals surface area (Å²) in [4.78, 5) is 0. The predicted molar refractivity (Wildman–Crippen MR) is 95.7 cm³/mol. The van der Waals surface area contributed by atoms with Crippen molar-refractivity contribution in [2.24, 2.45) is 0 Å². The number of ether oxygens (including phenoxy) is 1. The predicted octanol–water partition coefficient (Wildman–Crippen LogP) is 3.06. The molecule has 7 heteroatoms. The first-order valence-electron chi connectivity index (χ1n) is 9.03. The van der Waals surface area contributed by atoms with Crippen LogP contribution in [0.25, 0.3) is 0 Å². The Balaban J connectivity index is 1.50. The van der Waals surface area contributed by atoms with Gasteiger partial charge in [-0.2, -0.15) is 0 Å². The highest BCUT2D eigenvalue weighted by atomic mass is 35.5. The molecule has 0 spiro atoms. The van der Waals surface area contributed by atoms with Crippen LogP contribution in [0.4, 0.5) is 0 Å². The summed E-state index contributed by atoms with van der Waals surface area (Å²) in [6.45, 7) is 4.59. The van der Waals surface area contributed by atoms with E-state index in [9.17, 15) is 0 Å². The molecule has 6 nitrogen and oxygen atoms in total. The molecule has 2 aromatic rings. The molecule has 2 heterocycles. The Hall–Kier alpha value is -1.50. The van der Waals surface area contributed by atoms with Crippen LogP contribution < -0.4 is 5.32 Å². The number of halogens is 1. The van der Waals surface area contributed by atoms with Crippen LogP contribution in [0.1, 0.15) is 56.1 Å². The summed E-state index contributed by atoms with van der Waals surface area (Å²) in [5, 5.41) is 16.7. The molecule has 2 aliphatic rings. The lowest BCUT2D eigenvalue weighted by molar-refractivity contribution is 0.0489. The molecule has 0 radical (unpaired) electrons. The second kappa shape index (κ2) is 7.02. The maximum Gasteiger partial charge on any atom is 0.168 e. The van der Waals surface area contributed by atoms with Crippen LogP contribution in [0.3, 0.4) is 0 Å². The minimum absolute atomic E-state index is 0.0644. The summed E-state index contributed by atoms with van der Waals surface area (Å²) in [5.41, 5.74) is 1.39. The van der Waals surface area contributed by atoms with Crippen LogP contribution in [0.5, 0.6) is 0 Å². The van der Waals surface area contributed by atoms with E-state index in [1.54, 1.807) is 0 Å². The molecule has 25 heavy (non-hydrogen) atoms. The second-order valence-electron chi connectivity index (χ2n) is 7.22. The van der Waals surface area contributed by atoms with Gasteiger partial charge >= 0.3 is 0 Å². The van der Waals surface area contributed by atoms with Gasteiger partial charge in [0.1, 0.15) is 0 Å². The summed E-state index contributed by atoms with van der Waals surface area (Å²) in [7, 11) is 0. The van der Waals surface area contributed by atoms with E-state index < -0.39 is 0 Å². The van der Waals surface area contributed by atoms with Gasteiger partial charge in [-0.05, 0) is 60.7 Å². The Morgan fingerprint density at radius 1 is 1.28 bits per heavy atom. The average molecular weight is 362 g/mol. The largest absolute Gasteiger partial charge is 0.381 e. The second-order valence-corrected chi connectivity index (χ2v) is 7.65. The maximum absolute atomic E-state index is 6.08. The quantitative estimate of drug-likeness (QED) is 0.856. The third kappa shape index (κ3) is 3.57. The van der Waals surface area contributed by atoms with Crippen molar-refractivity contribution >= 4 is 11.6 Å². The van der Waals surface area contributed by atoms with Gasteiger partial charge in [-0.15, -0.1) is 5.10 Å². The van der Waals surface area contributed by atoms with Crippen molar-refractivity contribution in [1.82, 2.24) is 25.5 Å². The first-order valence-corrected chi connectivity index (χ1v) is 9.41. The Morgan fingerprint density at radius 3 is 2.68 bits per heavy atom. The lowest BCUT2D eigenvalue weighted by Gasteiger charge is -2.38. The molecule has 134 valence electrons. The molecule has 1 aromatic heterocycles. The van der Waals surface area contributed by atoms with Gasteiger partial charge in [0.05, 0.1) is 12.1 Å². The highest BCUT2D eigenvalue weighted by Gasteiger charge is 2.35. The summed E-state index contributed by atoms with van der Waals surface area (Å²) in [6, 6.07) is 8.85. The third-order valence-corrected chi connectivity index (χ3v) is 5.70. The Labute approximate surface area is 152 Å². The SMILES string of the molecule is CC(NCC1(c2ccc(Cl)cc2)CCOCC1)c1nnnn1C1CC1. The van der Waals surface area contributed by atoms with Crippen LogP contribution in [0, 0.1) is 0 Å². The van der Waals surface area contributed by atoms with E-state index in [0.717, 1.165) is 43.4 Å². The van der Waals surface area contributed by atoms with Gasteiger partial charge in [0.15, 0.2) is 5.82 Å². The first-order chi connectivity index (χ1) is 12.2. The van der Waals surface area contributed by atoms with E-state index in [4.69, 9.17) is 16.3 Å². The molecule has 1 unspecified atom stereocenters. The molecule has 0 bridgehead atoms. The zero-order chi connectivity index (χ0) is 17.3. The minimum Gasteiger partial charge on any atom is -0.381 e. The van der Waals surface area contributed by atoms with E-state index in [-0.39, 0.29) is 11.5 Å². The molecule has 1 aliphatic heterocycles. The minimum atomic E-state index is 0.0644. The molecule has 1 N–H and O–H groups in total. The highest BCUT2D eigenvalue weighted by molar-refractivity contribution is 6.30. The fourth-order valence-electron chi connectivity index (χ4n) is 3.64. The van der Waals surface area contributed by atoms with E-state index in [1.807, 2.05) is 16.8 Å². The molecule has 1 atom stereocenters. The van der Waals surface area contributed by atoms with Crippen molar-refractivity contribution < 1.29 is 4.74 Å². The molecule has 1 saturated carbocycles.